The Morgan fingerprint density at radius 1 is 1.20 bits per heavy atom. The van der Waals surface area contributed by atoms with E-state index in [1.54, 1.807) is 0 Å². The van der Waals surface area contributed by atoms with Crippen molar-refractivity contribution < 1.29 is 9.32 Å². The topological polar surface area (TPSA) is 75.4 Å². The summed E-state index contributed by atoms with van der Waals surface area (Å²) in [5.74, 6) is 2.19. The van der Waals surface area contributed by atoms with Gasteiger partial charge in [-0.25, -0.2) is 0 Å². The van der Waals surface area contributed by atoms with E-state index >= 15 is 0 Å². The summed E-state index contributed by atoms with van der Waals surface area (Å²) < 4.78 is 5.31. The summed E-state index contributed by atoms with van der Waals surface area (Å²) in [6.07, 6.45) is 4.10. The molecule has 2 aliphatic rings. The number of rotatable bonds is 4. The van der Waals surface area contributed by atoms with E-state index in [9.17, 15) is 4.79 Å². The zero-order chi connectivity index (χ0) is 17.4. The van der Waals surface area contributed by atoms with Crippen molar-refractivity contribution in [3.63, 3.8) is 0 Å². The molecule has 7 nitrogen and oxygen atoms in total. The van der Waals surface area contributed by atoms with Crippen molar-refractivity contribution in [2.75, 3.05) is 25.0 Å². The standard InChI is InChI=1S/C18H23N5O2/c1-12-3-6-17(20-19-12)22(2)14-7-9-23(10-8-14)18(24)15-11-16(25-21-15)13-4-5-13/h3,6,11,13-14H,4-5,7-10H2,1-2H3. The highest BCUT2D eigenvalue weighted by Crippen LogP contribution is 2.40. The number of aryl methyl sites for hydroxylation is 1. The summed E-state index contributed by atoms with van der Waals surface area (Å²) in [7, 11) is 2.04. The molecule has 0 atom stereocenters. The van der Waals surface area contributed by atoms with Crippen LogP contribution in [0, 0.1) is 6.92 Å². The van der Waals surface area contributed by atoms with E-state index in [2.05, 4.69) is 20.3 Å². The number of nitrogens with zero attached hydrogens (tertiary/aromatic N) is 5. The molecule has 0 N–H and O–H groups in total. The molecule has 0 spiro atoms. The summed E-state index contributed by atoms with van der Waals surface area (Å²) >= 11 is 0. The van der Waals surface area contributed by atoms with Crippen LogP contribution in [0.1, 0.15) is 53.5 Å². The van der Waals surface area contributed by atoms with Crippen LogP contribution in [-0.4, -0.2) is 52.3 Å². The second kappa shape index (κ2) is 6.46. The predicted molar refractivity (Wildman–Crippen MR) is 92.6 cm³/mol. The average molecular weight is 341 g/mol. The van der Waals surface area contributed by atoms with Gasteiger partial charge >= 0.3 is 0 Å². The number of aromatic nitrogens is 3. The maximum absolute atomic E-state index is 12.6. The summed E-state index contributed by atoms with van der Waals surface area (Å²) in [6, 6.07) is 6.15. The lowest BCUT2D eigenvalue weighted by molar-refractivity contribution is 0.0702. The number of likely N-dealkylation sites (tertiary alicyclic amines) is 1. The van der Waals surface area contributed by atoms with Crippen LogP contribution in [0.15, 0.2) is 22.7 Å². The van der Waals surface area contributed by atoms with Gasteiger partial charge in [-0.1, -0.05) is 5.16 Å². The highest BCUT2D eigenvalue weighted by molar-refractivity contribution is 5.92. The van der Waals surface area contributed by atoms with Crippen molar-refractivity contribution in [3.8, 4) is 0 Å². The molecule has 1 amide bonds. The first-order valence-electron chi connectivity index (χ1n) is 8.91. The third-order valence-corrected chi connectivity index (χ3v) is 5.17. The monoisotopic (exact) mass is 341 g/mol. The molecule has 2 aromatic heterocycles. The molecular weight excluding hydrogens is 318 g/mol. The number of hydrogen-bond acceptors (Lipinski definition) is 6. The van der Waals surface area contributed by atoms with Crippen LogP contribution >= 0.6 is 0 Å². The Morgan fingerprint density at radius 3 is 2.60 bits per heavy atom. The first-order chi connectivity index (χ1) is 12.1. The Morgan fingerprint density at radius 2 is 1.96 bits per heavy atom. The number of piperidine rings is 1. The summed E-state index contributed by atoms with van der Waals surface area (Å²) in [5, 5.41) is 12.3. The van der Waals surface area contributed by atoms with Gasteiger partial charge in [-0.05, 0) is 44.7 Å². The zero-order valence-corrected chi connectivity index (χ0v) is 14.7. The molecule has 1 aliphatic heterocycles. The summed E-state index contributed by atoms with van der Waals surface area (Å²) in [6.45, 7) is 3.37. The fourth-order valence-electron chi connectivity index (χ4n) is 3.34. The van der Waals surface area contributed by atoms with Crippen LogP contribution in [0.2, 0.25) is 0 Å². The summed E-state index contributed by atoms with van der Waals surface area (Å²) in [4.78, 5) is 16.6. The molecule has 3 heterocycles. The van der Waals surface area contributed by atoms with Crippen molar-refractivity contribution in [1.82, 2.24) is 20.3 Å². The largest absolute Gasteiger partial charge is 0.360 e. The molecule has 2 fully saturated rings. The smallest absolute Gasteiger partial charge is 0.276 e. The minimum Gasteiger partial charge on any atom is -0.360 e. The molecule has 1 aliphatic carbocycles. The van der Waals surface area contributed by atoms with Gasteiger partial charge < -0.3 is 14.3 Å². The van der Waals surface area contributed by atoms with Gasteiger partial charge in [0, 0.05) is 38.2 Å². The highest BCUT2D eigenvalue weighted by atomic mass is 16.5. The van der Waals surface area contributed by atoms with Gasteiger partial charge in [0.05, 0.1) is 5.69 Å². The first kappa shape index (κ1) is 16.1. The van der Waals surface area contributed by atoms with E-state index in [0.29, 0.717) is 17.7 Å². The molecular formula is C18H23N5O2. The normalized spacial score (nSPS) is 18.4. The van der Waals surface area contributed by atoms with Crippen LogP contribution in [0.25, 0.3) is 0 Å². The van der Waals surface area contributed by atoms with Crippen LogP contribution < -0.4 is 4.90 Å². The van der Waals surface area contributed by atoms with Crippen molar-refractivity contribution in [2.45, 2.75) is 44.6 Å². The molecule has 7 heteroatoms. The third kappa shape index (κ3) is 3.36. The number of carbonyl (C=O) groups excluding carboxylic acids is 1. The fourth-order valence-corrected chi connectivity index (χ4v) is 3.34. The van der Waals surface area contributed by atoms with Crippen LogP contribution in [0.5, 0.6) is 0 Å². The zero-order valence-electron chi connectivity index (χ0n) is 14.7. The Kier molecular flexibility index (Phi) is 4.15. The quantitative estimate of drug-likeness (QED) is 0.850. The third-order valence-electron chi connectivity index (χ3n) is 5.17. The van der Waals surface area contributed by atoms with Gasteiger partial charge in [-0.2, -0.15) is 5.10 Å². The van der Waals surface area contributed by atoms with Crippen LogP contribution in [0.3, 0.4) is 0 Å². The number of anilines is 1. The van der Waals surface area contributed by atoms with E-state index in [1.165, 1.54) is 0 Å². The second-order valence-electron chi connectivity index (χ2n) is 7.06. The molecule has 1 saturated carbocycles. The molecule has 0 radical (unpaired) electrons. The Balaban J connectivity index is 1.35. The minimum absolute atomic E-state index is 0.0214. The van der Waals surface area contributed by atoms with Crippen molar-refractivity contribution >= 4 is 11.7 Å². The lowest BCUT2D eigenvalue weighted by Crippen LogP contribution is -2.46. The molecule has 1 saturated heterocycles. The molecule has 0 bridgehead atoms. The highest BCUT2D eigenvalue weighted by Gasteiger charge is 2.31. The van der Waals surface area contributed by atoms with Gasteiger partial charge in [0.1, 0.15) is 5.76 Å². The molecule has 0 aromatic carbocycles. The minimum atomic E-state index is -0.0214. The fraction of sp³-hybridized carbons (Fsp3) is 0.556. The maximum atomic E-state index is 12.6. The predicted octanol–water partition coefficient (Wildman–Crippen LogP) is 2.39. The number of hydrogen-bond donors (Lipinski definition) is 0. The van der Waals surface area contributed by atoms with E-state index in [-0.39, 0.29) is 5.91 Å². The second-order valence-corrected chi connectivity index (χ2v) is 7.06. The van der Waals surface area contributed by atoms with Gasteiger partial charge in [0.15, 0.2) is 11.5 Å². The SMILES string of the molecule is Cc1ccc(N(C)C2CCN(C(=O)c3cc(C4CC4)on3)CC2)nn1. The first-order valence-corrected chi connectivity index (χ1v) is 8.91. The van der Waals surface area contributed by atoms with Crippen molar-refractivity contribution in [2.24, 2.45) is 0 Å². The molecule has 132 valence electrons. The molecule has 4 rings (SSSR count). The van der Waals surface area contributed by atoms with Crippen molar-refractivity contribution in [1.29, 1.82) is 0 Å². The Labute approximate surface area is 147 Å². The Bertz CT molecular complexity index is 745. The lowest BCUT2D eigenvalue weighted by Gasteiger charge is -2.36. The molecule has 2 aromatic rings. The number of carbonyl (C=O) groups is 1. The maximum Gasteiger partial charge on any atom is 0.276 e. The molecule has 0 unspecified atom stereocenters. The van der Waals surface area contributed by atoms with Gasteiger partial charge in [0.25, 0.3) is 5.91 Å². The van der Waals surface area contributed by atoms with Gasteiger partial charge in [-0.3, -0.25) is 4.79 Å². The van der Waals surface area contributed by atoms with Gasteiger partial charge in [-0.15, -0.1) is 5.10 Å². The van der Waals surface area contributed by atoms with Crippen LogP contribution in [0.4, 0.5) is 5.82 Å². The average Bonchev–Trinajstić information content (AvgIpc) is 3.38. The Hall–Kier alpha value is -2.44. The van der Waals surface area contributed by atoms with E-state index in [0.717, 1.165) is 56.0 Å². The van der Waals surface area contributed by atoms with Crippen molar-refractivity contribution in [3.05, 3.63) is 35.3 Å². The molecule has 25 heavy (non-hydrogen) atoms. The lowest BCUT2D eigenvalue weighted by atomic mass is 10.0. The van der Waals surface area contributed by atoms with Crippen LogP contribution in [-0.2, 0) is 0 Å². The number of amides is 1. The van der Waals surface area contributed by atoms with E-state index < -0.39 is 0 Å². The van der Waals surface area contributed by atoms with E-state index in [1.807, 2.05) is 37.1 Å². The van der Waals surface area contributed by atoms with Gasteiger partial charge in [0.2, 0.25) is 0 Å². The van der Waals surface area contributed by atoms with E-state index in [4.69, 9.17) is 4.52 Å². The summed E-state index contributed by atoms with van der Waals surface area (Å²) in [5.41, 5.74) is 1.36.